The quantitative estimate of drug-likeness (QED) is 0.564. The molecule has 0 aromatic carbocycles. The van der Waals surface area contributed by atoms with Crippen LogP contribution in [0.4, 0.5) is 0 Å². The maximum atomic E-state index is 10.7. The number of hydrogen-bond acceptors (Lipinski definition) is 2. The fraction of sp³-hybridized carbons (Fsp3) is 0.333. The van der Waals surface area contributed by atoms with Gasteiger partial charge in [-0.15, -0.1) is 0 Å². The molecule has 0 radical (unpaired) electrons. The van der Waals surface area contributed by atoms with E-state index in [0.29, 0.717) is 5.02 Å². The maximum absolute atomic E-state index is 10.7. The Balaban J connectivity index is 3.18. The second-order valence-corrected chi connectivity index (χ2v) is 4.10. The van der Waals surface area contributed by atoms with Crippen LogP contribution in [-0.2, 0) is 10.2 Å². The van der Waals surface area contributed by atoms with E-state index in [-0.39, 0.29) is 5.15 Å². The zero-order valence-electron chi connectivity index (χ0n) is 7.34. The molecule has 0 aliphatic rings. The number of pyridine rings is 1. The zero-order chi connectivity index (χ0) is 10.1. The minimum Gasteiger partial charge on any atom is -0.302 e. The topological polar surface area (TPSA) is 30.0 Å². The Labute approximate surface area is 86.9 Å². The van der Waals surface area contributed by atoms with Crippen LogP contribution in [0.25, 0.3) is 0 Å². The van der Waals surface area contributed by atoms with Crippen LogP contribution in [0.3, 0.4) is 0 Å². The lowest BCUT2D eigenvalue weighted by Crippen LogP contribution is -2.18. The standard InChI is InChI=1S/C9H9Cl2NO/c1-9(2,5-13)6-3-7(10)8(11)12-4-6/h3-5H,1-2H3. The fourth-order valence-corrected chi connectivity index (χ4v) is 1.11. The van der Waals surface area contributed by atoms with Crippen LogP contribution in [0, 0.1) is 0 Å². The van der Waals surface area contributed by atoms with Crippen LogP contribution >= 0.6 is 23.2 Å². The van der Waals surface area contributed by atoms with Gasteiger partial charge in [-0.2, -0.15) is 0 Å². The molecule has 0 bridgehead atoms. The predicted octanol–water partition coefficient (Wildman–Crippen LogP) is 2.86. The second-order valence-electron chi connectivity index (χ2n) is 3.34. The molecule has 0 fully saturated rings. The van der Waals surface area contributed by atoms with Crippen molar-refractivity contribution in [3.63, 3.8) is 0 Å². The second kappa shape index (κ2) is 3.64. The minimum atomic E-state index is -0.568. The molecule has 1 rings (SSSR count). The Kier molecular flexibility index (Phi) is 2.94. The lowest BCUT2D eigenvalue weighted by molar-refractivity contribution is -0.111. The number of aldehydes is 1. The number of rotatable bonds is 2. The third kappa shape index (κ3) is 2.20. The summed E-state index contributed by atoms with van der Waals surface area (Å²) in [5, 5.41) is 0.626. The number of carbonyl (C=O) groups excluding carboxylic acids is 1. The summed E-state index contributed by atoms with van der Waals surface area (Å²) < 4.78 is 0. The fourth-order valence-electron chi connectivity index (χ4n) is 0.842. The van der Waals surface area contributed by atoms with Crippen molar-refractivity contribution in [1.29, 1.82) is 0 Å². The van der Waals surface area contributed by atoms with Crippen LogP contribution in [0.2, 0.25) is 10.2 Å². The van der Waals surface area contributed by atoms with Gasteiger partial charge in [0.15, 0.2) is 0 Å². The molecule has 13 heavy (non-hydrogen) atoms. The van der Waals surface area contributed by atoms with Crippen molar-refractivity contribution in [2.75, 3.05) is 0 Å². The van der Waals surface area contributed by atoms with E-state index in [9.17, 15) is 4.79 Å². The van der Waals surface area contributed by atoms with Gasteiger partial charge >= 0.3 is 0 Å². The van der Waals surface area contributed by atoms with Crippen LogP contribution in [0.15, 0.2) is 12.3 Å². The Morgan fingerprint density at radius 1 is 1.46 bits per heavy atom. The number of nitrogens with zero attached hydrogens (tertiary/aromatic N) is 1. The largest absolute Gasteiger partial charge is 0.302 e. The third-order valence-corrected chi connectivity index (χ3v) is 2.52. The highest BCUT2D eigenvalue weighted by Gasteiger charge is 2.20. The summed E-state index contributed by atoms with van der Waals surface area (Å²) in [6.45, 7) is 3.59. The summed E-state index contributed by atoms with van der Waals surface area (Å²) in [7, 11) is 0. The molecule has 0 N–H and O–H groups in total. The van der Waals surface area contributed by atoms with E-state index in [0.717, 1.165) is 11.8 Å². The first kappa shape index (κ1) is 10.5. The predicted molar refractivity (Wildman–Crippen MR) is 53.3 cm³/mol. The smallest absolute Gasteiger partial charge is 0.147 e. The van der Waals surface area contributed by atoms with E-state index in [4.69, 9.17) is 23.2 Å². The first-order valence-electron chi connectivity index (χ1n) is 3.75. The molecule has 1 heterocycles. The summed E-state index contributed by atoms with van der Waals surface area (Å²) in [4.78, 5) is 14.6. The molecule has 0 amide bonds. The first-order valence-corrected chi connectivity index (χ1v) is 4.51. The molecular weight excluding hydrogens is 209 g/mol. The molecular formula is C9H9Cl2NO. The molecule has 0 spiro atoms. The SMILES string of the molecule is CC(C)(C=O)c1cnc(Cl)c(Cl)c1. The molecule has 0 unspecified atom stereocenters. The molecule has 70 valence electrons. The summed E-state index contributed by atoms with van der Waals surface area (Å²) in [6.07, 6.45) is 2.41. The monoisotopic (exact) mass is 217 g/mol. The van der Waals surface area contributed by atoms with Crippen molar-refractivity contribution in [3.8, 4) is 0 Å². The maximum Gasteiger partial charge on any atom is 0.147 e. The van der Waals surface area contributed by atoms with Crippen LogP contribution in [-0.4, -0.2) is 11.3 Å². The van der Waals surface area contributed by atoms with Gasteiger partial charge in [0.25, 0.3) is 0 Å². The summed E-state index contributed by atoms with van der Waals surface area (Å²) in [5.41, 5.74) is 0.193. The number of aromatic nitrogens is 1. The summed E-state index contributed by atoms with van der Waals surface area (Å²) >= 11 is 11.4. The van der Waals surface area contributed by atoms with Crippen molar-refractivity contribution >= 4 is 29.5 Å². The third-order valence-electron chi connectivity index (χ3n) is 1.83. The van der Waals surface area contributed by atoms with Crippen molar-refractivity contribution < 1.29 is 4.79 Å². The average Bonchev–Trinajstić information content (AvgIpc) is 2.09. The highest BCUT2D eigenvalue weighted by atomic mass is 35.5. The molecule has 4 heteroatoms. The van der Waals surface area contributed by atoms with Crippen LogP contribution in [0.1, 0.15) is 19.4 Å². The van der Waals surface area contributed by atoms with Crippen molar-refractivity contribution in [3.05, 3.63) is 28.0 Å². The van der Waals surface area contributed by atoms with Crippen LogP contribution in [0.5, 0.6) is 0 Å². The molecule has 0 saturated carbocycles. The number of halogens is 2. The van der Waals surface area contributed by atoms with Gasteiger partial charge in [0.2, 0.25) is 0 Å². The lowest BCUT2D eigenvalue weighted by Gasteiger charge is -2.16. The first-order chi connectivity index (χ1) is 5.97. The molecule has 1 aromatic rings. The van der Waals surface area contributed by atoms with Gasteiger partial charge in [0.1, 0.15) is 11.4 Å². The van der Waals surface area contributed by atoms with Gasteiger partial charge in [-0.1, -0.05) is 23.2 Å². The van der Waals surface area contributed by atoms with E-state index in [2.05, 4.69) is 4.98 Å². The molecule has 0 saturated heterocycles. The highest BCUT2D eigenvalue weighted by molar-refractivity contribution is 6.41. The molecule has 2 nitrogen and oxygen atoms in total. The lowest BCUT2D eigenvalue weighted by atomic mass is 9.88. The Hall–Kier alpha value is -0.600. The van der Waals surface area contributed by atoms with Crippen molar-refractivity contribution in [2.45, 2.75) is 19.3 Å². The average molecular weight is 218 g/mol. The van der Waals surface area contributed by atoms with Gasteiger partial charge in [-0.25, -0.2) is 4.98 Å². The molecule has 1 aromatic heterocycles. The van der Waals surface area contributed by atoms with Crippen molar-refractivity contribution in [1.82, 2.24) is 4.98 Å². The molecule has 0 aliphatic carbocycles. The Bertz CT molecular complexity index is 336. The van der Waals surface area contributed by atoms with Gasteiger partial charge in [0, 0.05) is 11.6 Å². The van der Waals surface area contributed by atoms with Gasteiger partial charge < -0.3 is 4.79 Å². The van der Waals surface area contributed by atoms with E-state index >= 15 is 0 Å². The van der Waals surface area contributed by atoms with E-state index in [1.165, 1.54) is 0 Å². The number of hydrogen-bond donors (Lipinski definition) is 0. The Morgan fingerprint density at radius 2 is 2.08 bits per heavy atom. The Morgan fingerprint density at radius 3 is 2.54 bits per heavy atom. The summed E-state index contributed by atoms with van der Waals surface area (Å²) in [6, 6.07) is 1.66. The molecule has 0 aliphatic heterocycles. The zero-order valence-corrected chi connectivity index (χ0v) is 8.86. The highest BCUT2D eigenvalue weighted by Crippen LogP contribution is 2.26. The van der Waals surface area contributed by atoms with Gasteiger partial charge in [-0.3, -0.25) is 0 Å². The number of carbonyl (C=O) groups is 1. The minimum absolute atomic E-state index is 0.257. The summed E-state index contributed by atoms with van der Waals surface area (Å²) in [5.74, 6) is 0. The van der Waals surface area contributed by atoms with E-state index < -0.39 is 5.41 Å². The van der Waals surface area contributed by atoms with E-state index in [1.54, 1.807) is 26.1 Å². The normalized spacial score (nSPS) is 11.4. The van der Waals surface area contributed by atoms with Crippen LogP contribution < -0.4 is 0 Å². The van der Waals surface area contributed by atoms with E-state index in [1.807, 2.05) is 0 Å². The van der Waals surface area contributed by atoms with Crippen molar-refractivity contribution in [2.24, 2.45) is 0 Å². The molecule has 0 atom stereocenters. The van der Waals surface area contributed by atoms with Gasteiger partial charge in [-0.05, 0) is 25.5 Å². The van der Waals surface area contributed by atoms with Gasteiger partial charge in [0.05, 0.1) is 5.02 Å².